The third kappa shape index (κ3) is 4.17. The number of thiophene rings is 1. The van der Waals surface area contributed by atoms with Crippen LogP contribution in [0.3, 0.4) is 0 Å². The Balaban J connectivity index is 1.71. The van der Waals surface area contributed by atoms with Crippen LogP contribution in [0, 0.1) is 0 Å². The van der Waals surface area contributed by atoms with E-state index in [1.54, 1.807) is 37.4 Å². The SMILES string of the molecule is CN(Cc1ccc(Cl)s1)C(=O)COC(=O)c1nn(C)c(=O)c2ccccc12. The molecule has 1 aromatic carbocycles. The van der Waals surface area contributed by atoms with E-state index in [0.29, 0.717) is 21.7 Å². The number of ether oxygens (including phenoxy) is 1. The monoisotopic (exact) mass is 405 g/mol. The minimum absolute atomic E-state index is 0.00630. The molecular formula is C18H16ClN3O4S. The van der Waals surface area contributed by atoms with Gasteiger partial charge in [0.1, 0.15) is 0 Å². The van der Waals surface area contributed by atoms with Crippen molar-refractivity contribution < 1.29 is 14.3 Å². The Morgan fingerprint density at radius 3 is 2.59 bits per heavy atom. The van der Waals surface area contributed by atoms with Crippen LogP contribution in [0.15, 0.2) is 41.2 Å². The number of esters is 1. The summed E-state index contributed by atoms with van der Waals surface area (Å²) >= 11 is 7.26. The molecule has 0 saturated heterocycles. The van der Waals surface area contributed by atoms with Gasteiger partial charge in [-0.15, -0.1) is 11.3 Å². The first-order valence-corrected chi connectivity index (χ1v) is 9.17. The van der Waals surface area contributed by atoms with Crippen LogP contribution in [0.4, 0.5) is 0 Å². The Morgan fingerprint density at radius 1 is 1.22 bits per heavy atom. The first-order valence-electron chi connectivity index (χ1n) is 7.98. The van der Waals surface area contributed by atoms with Crippen molar-refractivity contribution in [1.29, 1.82) is 0 Å². The zero-order chi connectivity index (χ0) is 19.6. The fourth-order valence-corrected chi connectivity index (χ4v) is 3.66. The van der Waals surface area contributed by atoms with Crippen LogP contribution in [-0.2, 0) is 23.1 Å². The maximum absolute atomic E-state index is 12.4. The molecule has 0 fully saturated rings. The number of rotatable bonds is 5. The lowest BCUT2D eigenvalue weighted by Crippen LogP contribution is -2.31. The van der Waals surface area contributed by atoms with Gasteiger partial charge in [-0.2, -0.15) is 5.10 Å². The van der Waals surface area contributed by atoms with Crippen LogP contribution >= 0.6 is 22.9 Å². The number of likely N-dealkylation sites (N-methyl/N-ethyl adjacent to an activating group) is 1. The fourth-order valence-electron chi connectivity index (χ4n) is 2.51. The number of hydrogen-bond donors (Lipinski definition) is 0. The third-order valence-corrected chi connectivity index (χ3v) is 5.14. The molecule has 0 aliphatic carbocycles. The summed E-state index contributed by atoms with van der Waals surface area (Å²) in [4.78, 5) is 39.1. The molecule has 0 atom stereocenters. The minimum atomic E-state index is -0.761. The van der Waals surface area contributed by atoms with Crippen molar-refractivity contribution in [3.05, 3.63) is 61.7 Å². The summed E-state index contributed by atoms with van der Waals surface area (Å²) in [6, 6.07) is 10.2. The van der Waals surface area contributed by atoms with E-state index >= 15 is 0 Å². The molecule has 0 bridgehead atoms. The summed E-state index contributed by atoms with van der Waals surface area (Å²) < 4.78 is 6.85. The number of aryl methyl sites for hydroxylation is 1. The van der Waals surface area contributed by atoms with E-state index in [1.165, 1.54) is 23.3 Å². The Labute approximate surface area is 163 Å². The van der Waals surface area contributed by atoms with Crippen LogP contribution in [0.2, 0.25) is 4.34 Å². The molecule has 2 heterocycles. The third-order valence-electron chi connectivity index (χ3n) is 3.92. The van der Waals surface area contributed by atoms with Gasteiger partial charge in [-0.3, -0.25) is 9.59 Å². The number of amides is 1. The highest BCUT2D eigenvalue weighted by Gasteiger charge is 2.19. The van der Waals surface area contributed by atoms with Gasteiger partial charge in [0.15, 0.2) is 12.3 Å². The molecule has 0 unspecified atom stereocenters. The number of halogens is 1. The molecule has 0 radical (unpaired) electrons. The van der Waals surface area contributed by atoms with Crippen LogP contribution in [0.25, 0.3) is 10.8 Å². The van der Waals surface area contributed by atoms with Crippen molar-refractivity contribution in [2.24, 2.45) is 7.05 Å². The molecule has 27 heavy (non-hydrogen) atoms. The largest absolute Gasteiger partial charge is 0.451 e. The summed E-state index contributed by atoms with van der Waals surface area (Å²) in [5.74, 6) is -1.12. The predicted octanol–water partition coefficient (Wildman–Crippen LogP) is 2.46. The molecule has 2 aromatic heterocycles. The van der Waals surface area contributed by atoms with E-state index in [0.717, 1.165) is 9.56 Å². The average Bonchev–Trinajstić information content (AvgIpc) is 3.07. The van der Waals surface area contributed by atoms with Crippen LogP contribution in [-0.4, -0.2) is 40.2 Å². The first-order chi connectivity index (χ1) is 12.9. The molecule has 9 heteroatoms. The summed E-state index contributed by atoms with van der Waals surface area (Å²) in [6.07, 6.45) is 0. The molecule has 0 aliphatic heterocycles. The van der Waals surface area contributed by atoms with Crippen LogP contribution in [0.1, 0.15) is 15.4 Å². The smallest absolute Gasteiger partial charge is 0.359 e. The van der Waals surface area contributed by atoms with Crippen molar-refractivity contribution in [2.75, 3.05) is 13.7 Å². The van der Waals surface area contributed by atoms with Crippen molar-refractivity contribution >= 4 is 45.6 Å². The van der Waals surface area contributed by atoms with E-state index < -0.39 is 12.6 Å². The van der Waals surface area contributed by atoms with Gasteiger partial charge in [-0.25, -0.2) is 9.48 Å². The second kappa shape index (κ2) is 7.89. The quantitative estimate of drug-likeness (QED) is 0.609. The number of nitrogens with zero attached hydrogens (tertiary/aromatic N) is 3. The Hall–Kier alpha value is -2.71. The van der Waals surface area contributed by atoms with Gasteiger partial charge >= 0.3 is 5.97 Å². The number of benzene rings is 1. The number of aromatic nitrogens is 2. The number of carbonyl (C=O) groups excluding carboxylic acids is 2. The average molecular weight is 406 g/mol. The lowest BCUT2D eigenvalue weighted by molar-refractivity contribution is -0.133. The molecule has 0 aliphatic rings. The van der Waals surface area contributed by atoms with Gasteiger partial charge < -0.3 is 9.64 Å². The normalized spacial score (nSPS) is 10.8. The highest BCUT2D eigenvalue weighted by Crippen LogP contribution is 2.22. The van der Waals surface area contributed by atoms with Gasteiger partial charge in [-0.05, 0) is 18.2 Å². The zero-order valence-electron chi connectivity index (χ0n) is 14.6. The molecule has 3 rings (SSSR count). The lowest BCUT2D eigenvalue weighted by atomic mass is 10.1. The molecule has 0 N–H and O–H groups in total. The molecule has 0 saturated carbocycles. The van der Waals surface area contributed by atoms with Gasteiger partial charge in [0, 0.05) is 24.4 Å². The van der Waals surface area contributed by atoms with E-state index in [2.05, 4.69) is 5.10 Å². The van der Waals surface area contributed by atoms with Gasteiger partial charge in [0.2, 0.25) is 0 Å². The predicted molar refractivity (Wildman–Crippen MR) is 103 cm³/mol. The second-order valence-electron chi connectivity index (χ2n) is 5.85. The Bertz CT molecular complexity index is 1080. The number of fused-ring (bicyclic) bond motifs is 1. The second-order valence-corrected chi connectivity index (χ2v) is 7.65. The van der Waals surface area contributed by atoms with Crippen molar-refractivity contribution in [1.82, 2.24) is 14.7 Å². The summed E-state index contributed by atoms with van der Waals surface area (Å²) in [6.45, 7) is -0.0535. The fraction of sp³-hybridized carbons (Fsp3) is 0.222. The Kier molecular flexibility index (Phi) is 5.57. The molecule has 140 valence electrons. The molecular weight excluding hydrogens is 390 g/mol. The molecule has 7 nitrogen and oxygen atoms in total. The highest BCUT2D eigenvalue weighted by molar-refractivity contribution is 7.16. The minimum Gasteiger partial charge on any atom is -0.451 e. The summed E-state index contributed by atoms with van der Waals surface area (Å²) in [5, 5.41) is 4.74. The van der Waals surface area contributed by atoms with Crippen LogP contribution in [0.5, 0.6) is 0 Å². The van der Waals surface area contributed by atoms with Crippen LogP contribution < -0.4 is 5.56 Å². The lowest BCUT2D eigenvalue weighted by Gasteiger charge is -2.16. The Morgan fingerprint density at radius 2 is 1.93 bits per heavy atom. The van der Waals surface area contributed by atoms with Gasteiger partial charge in [-0.1, -0.05) is 29.8 Å². The summed E-state index contributed by atoms with van der Waals surface area (Å²) in [5.41, 5.74) is -0.319. The van der Waals surface area contributed by atoms with Gasteiger partial charge in [0.05, 0.1) is 16.3 Å². The summed E-state index contributed by atoms with van der Waals surface area (Å²) in [7, 11) is 3.07. The van der Waals surface area contributed by atoms with E-state index in [-0.39, 0.29) is 17.2 Å². The molecule has 3 aromatic rings. The van der Waals surface area contributed by atoms with E-state index in [4.69, 9.17) is 16.3 Å². The van der Waals surface area contributed by atoms with Gasteiger partial charge in [0.25, 0.3) is 11.5 Å². The molecule has 1 amide bonds. The van der Waals surface area contributed by atoms with Crippen molar-refractivity contribution in [3.8, 4) is 0 Å². The zero-order valence-corrected chi connectivity index (χ0v) is 16.2. The standard InChI is InChI=1S/C18H16ClN3O4S/c1-21(9-11-7-8-14(19)27-11)15(23)10-26-18(25)16-12-5-3-4-6-13(12)17(24)22(2)20-16/h3-8H,9-10H2,1-2H3. The van der Waals surface area contributed by atoms with E-state index in [9.17, 15) is 14.4 Å². The maximum atomic E-state index is 12.4. The maximum Gasteiger partial charge on any atom is 0.359 e. The van der Waals surface area contributed by atoms with Crippen molar-refractivity contribution in [2.45, 2.75) is 6.54 Å². The van der Waals surface area contributed by atoms with E-state index in [1.807, 2.05) is 6.07 Å². The first kappa shape index (κ1) is 19.1. The highest BCUT2D eigenvalue weighted by atomic mass is 35.5. The van der Waals surface area contributed by atoms with Crippen molar-refractivity contribution in [3.63, 3.8) is 0 Å². The molecule has 0 spiro atoms. The number of carbonyl (C=O) groups is 2. The topological polar surface area (TPSA) is 81.5 Å². The number of hydrogen-bond acceptors (Lipinski definition) is 6.